The molecule has 1 aliphatic heterocycles. The molecule has 0 aromatic heterocycles. The highest BCUT2D eigenvalue weighted by Crippen LogP contribution is 2.24. The molecule has 0 spiro atoms. The van der Waals surface area contributed by atoms with E-state index < -0.39 is 49.5 Å². The van der Waals surface area contributed by atoms with Gasteiger partial charge in [-0.3, -0.25) is 4.79 Å². The van der Waals surface area contributed by atoms with Gasteiger partial charge in [-0.2, -0.15) is 0 Å². The largest absolute Gasteiger partial charge is 0.394 e. The van der Waals surface area contributed by atoms with Crippen molar-refractivity contribution in [3.05, 3.63) is 0 Å². The van der Waals surface area contributed by atoms with Gasteiger partial charge in [-0.15, -0.1) is 0 Å². The third-order valence-corrected chi connectivity index (χ3v) is 15.7. The molecule has 424 valence electrons. The van der Waals surface area contributed by atoms with E-state index in [1.807, 2.05) is 0 Å². The molecule has 0 radical (unpaired) electrons. The number of unbranched alkanes of at least 4 members (excludes halogenated alkanes) is 46. The van der Waals surface area contributed by atoms with E-state index in [1.165, 1.54) is 270 Å². The molecule has 9 heteroatoms. The number of carbonyl (C=O) groups excluding carboxylic acids is 1. The van der Waals surface area contributed by atoms with Crippen LogP contribution in [0.5, 0.6) is 0 Å². The highest BCUT2D eigenvalue weighted by molar-refractivity contribution is 5.76. The first kappa shape index (κ1) is 68.2. The van der Waals surface area contributed by atoms with Crippen molar-refractivity contribution in [2.75, 3.05) is 13.2 Å². The molecule has 1 aliphatic rings. The first-order chi connectivity index (χ1) is 34.8. The zero-order valence-electron chi connectivity index (χ0n) is 47.3. The normalized spacial score (nSPS) is 19.1. The van der Waals surface area contributed by atoms with Gasteiger partial charge in [0, 0.05) is 6.42 Å². The van der Waals surface area contributed by atoms with E-state index in [2.05, 4.69) is 19.2 Å². The van der Waals surface area contributed by atoms with E-state index in [-0.39, 0.29) is 12.5 Å². The molecular formula is C62H123NO8. The Morgan fingerprint density at radius 1 is 0.423 bits per heavy atom. The van der Waals surface area contributed by atoms with Crippen LogP contribution < -0.4 is 5.32 Å². The lowest BCUT2D eigenvalue weighted by Gasteiger charge is -2.40. The summed E-state index contributed by atoms with van der Waals surface area (Å²) in [5.41, 5.74) is 0. The van der Waals surface area contributed by atoms with E-state index in [4.69, 9.17) is 9.47 Å². The van der Waals surface area contributed by atoms with Crippen molar-refractivity contribution in [1.29, 1.82) is 0 Å². The Hall–Kier alpha value is -0.810. The molecule has 0 aliphatic carbocycles. The highest BCUT2D eigenvalue weighted by atomic mass is 16.7. The molecular weight excluding hydrogens is 887 g/mol. The van der Waals surface area contributed by atoms with Gasteiger partial charge in [-0.1, -0.05) is 316 Å². The summed E-state index contributed by atoms with van der Waals surface area (Å²) in [4.78, 5) is 13.1. The lowest BCUT2D eigenvalue weighted by atomic mass is 9.99. The van der Waals surface area contributed by atoms with Crippen molar-refractivity contribution < 1.29 is 39.8 Å². The SMILES string of the molecule is CCCCCCCCCCCCCCCCCCCCCCCCCCCCCCC(O)C(COC1OC(CO)C(O)C(O)C1O)NC(=O)CCCCCCCCCCCCCCCCCCCCCC. The summed E-state index contributed by atoms with van der Waals surface area (Å²) >= 11 is 0. The fourth-order valence-corrected chi connectivity index (χ4v) is 10.7. The molecule has 0 saturated carbocycles. The molecule has 1 saturated heterocycles. The van der Waals surface area contributed by atoms with Gasteiger partial charge in [0.15, 0.2) is 6.29 Å². The van der Waals surface area contributed by atoms with Crippen molar-refractivity contribution in [2.45, 2.75) is 378 Å². The van der Waals surface area contributed by atoms with Gasteiger partial charge in [0.2, 0.25) is 5.91 Å². The Labute approximate surface area is 440 Å². The first-order valence-electron chi connectivity index (χ1n) is 31.7. The van der Waals surface area contributed by atoms with E-state index in [9.17, 15) is 30.3 Å². The number of rotatable bonds is 56. The van der Waals surface area contributed by atoms with Crippen LogP contribution >= 0.6 is 0 Å². The van der Waals surface area contributed by atoms with Gasteiger partial charge in [0.25, 0.3) is 0 Å². The van der Waals surface area contributed by atoms with Gasteiger partial charge in [0.1, 0.15) is 24.4 Å². The van der Waals surface area contributed by atoms with E-state index >= 15 is 0 Å². The van der Waals surface area contributed by atoms with Crippen LogP contribution in [0.4, 0.5) is 0 Å². The quantitative estimate of drug-likeness (QED) is 0.0330. The van der Waals surface area contributed by atoms with Crippen LogP contribution in [-0.2, 0) is 14.3 Å². The zero-order valence-corrected chi connectivity index (χ0v) is 47.3. The van der Waals surface area contributed by atoms with E-state index in [0.29, 0.717) is 12.8 Å². The summed E-state index contributed by atoms with van der Waals surface area (Å²) < 4.78 is 11.3. The third-order valence-electron chi connectivity index (χ3n) is 15.7. The van der Waals surface area contributed by atoms with Crippen LogP contribution in [0.15, 0.2) is 0 Å². The number of ether oxygens (including phenoxy) is 2. The fraction of sp³-hybridized carbons (Fsp3) is 0.984. The standard InChI is InChI=1S/C62H123NO8/c1-3-5-7-9-11-13-15-17-19-21-23-25-26-27-28-29-30-31-32-33-35-37-39-41-43-45-47-49-51-56(65)55(54-70-62-61(69)60(68)59(67)57(53-64)71-62)63-58(66)52-50-48-46-44-42-40-38-36-34-24-22-20-18-16-14-12-10-8-6-4-2/h55-57,59-62,64-65,67-69H,3-54H2,1-2H3,(H,63,66). The molecule has 0 aromatic carbocycles. The number of amides is 1. The number of carbonyl (C=O) groups is 1. The molecule has 1 rings (SSSR count). The van der Waals surface area contributed by atoms with Crippen molar-refractivity contribution in [3.63, 3.8) is 0 Å². The molecule has 9 nitrogen and oxygen atoms in total. The molecule has 1 fully saturated rings. The minimum absolute atomic E-state index is 0.131. The number of aliphatic hydroxyl groups is 5. The summed E-state index contributed by atoms with van der Waals surface area (Å²) in [6, 6.07) is -0.714. The number of aliphatic hydroxyl groups excluding tert-OH is 5. The second kappa shape index (κ2) is 52.6. The average molecular weight is 1010 g/mol. The van der Waals surface area contributed by atoms with Gasteiger partial charge in [-0.05, 0) is 12.8 Å². The van der Waals surface area contributed by atoms with E-state index in [1.54, 1.807) is 0 Å². The Kier molecular flexibility index (Phi) is 50.6. The molecule has 1 heterocycles. The van der Waals surface area contributed by atoms with Crippen molar-refractivity contribution in [1.82, 2.24) is 5.32 Å². The predicted octanol–water partition coefficient (Wildman–Crippen LogP) is 16.2. The summed E-state index contributed by atoms with van der Waals surface area (Å²) in [5, 5.41) is 54.8. The van der Waals surface area contributed by atoms with Crippen molar-refractivity contribution in [3.8, 4) is 0 Å². The second-order valence-corrected chi connectivity index (χ2v) is 22.6. The highest BCUT2D eigenvalue weighted by Gasteiger charge is 2.44. The Morgan fingerprint density at radius 2 is 0.704 bits per heavy atom. The molecule has 7 atom stereocenters. The maximum atomic E-state index is 13.1. The molecule has 6 N–H and O–H groups in total. The topological polar surface area (TPSA) is 149 Å². The maximum absolute atomic E-state index is 13.1. The monoisotopic (exact) mass is 1010 g/mol. The minimum Gasteiger partial charge on any atom is -0.394 e. The number of nitrogens with one attached hydrogen (secondary N) is 1. The molecule has 7 unspecified atom stereocenters. The van der Waals surface area contributed by atoms with Crippen LogP contribution in [-0.4, -0.2) is 87.5 Å². The van der Waals surface area contributed by atoms with E-state index in [0.717, 1.165) is 38.5 Å². The zero-order chi connectivity index (χ0) is 51.5. The first-order valence-corrected chi connectivity index (χ1v) is 31.7. The fourth-order valence-electron chi connectivity index (χ4n) is 10.7. The summed E-state index contributed by atoms with van der Waals surface area (Å²) in [7, 11) is 0. The van der Waals surface area contributed by atoms with Gasteiger partial charge < -0.3 is 40.3 Å². The predicted molar refractivity (Wildman–Crippen MR) is 300 cm³/mol. The van der Waals surface area contributed by atoms with Gasteiger partial charge in [-0.25, -0.2) is 0 Å². The molecule has 1 amide bonds. The Balaban J connectivity index is 2.13. The summed E-state index contributed by atoms with van der Waals surface area (Å²) in [6.45, 7) is 3.90. The van der Waals surface area contributed by atoms with Crippen molar-refractivity contribution in [2.24, 2.45) is 0 Å². The Bertz CT molecular complexity index is 1080. The number of hydrogen-bond donors (Lipinski definition) is 6. The lowest BCUT2D eigenvalue weighted by Crippen LogP contribution is -2.60. The van der Waals surface area contributed by atoms with Gasteiger partial charge in [0.05, 0.1) is 25.4 Å². The van der Waals surface area contributed by atoms with Crippen LogP contribution in [0.2, 0.25) is 0 Å². The minimum atomic E-state index is -1.55. The maximum Gasteiger partial charge on any atom is 0.220 e. The van der Waals surface area contributed by atoms with Gasteiger partial charge >= 0.3 is 0 Å². The second-order valence-electron chi connectivity index (χ2n) is 22.6. The van der Waals surface area contributed by atoms with Crippen LogP contribution in [0.1, 0.15) is 335 Å². The summed E-state index contributed by atoms with van der Waals surface area (Å²) in [5.74, 6) is -0.135. The van der Waals surface area contributed by atoms with Crippen molar-refractivity contribution >= 4 is 5.91 Å². The summed E-state index contributed by atoms with van der Waals surface area (Å²) in [6.07, 6.45) is 57.2. The average Bonchev–Trinajstić information content (AvgIpc) is 3.37. The van der Waals surface area contributed by atoms with Crippen LogP contribution in [0.25, 0.3) is 0 Å². The number of hydrogen-bond acceptors (Lipinski definition) is 8. The molecule has 71 heavy (non-hydrogen) atoms. The smallest absolute Gasteiger partial charge is 0.220 e. The molecule has 0 aromatic rings. The van der Waals surface area contributed by atoms with Crippen LogP contribution in [0.3, 0.4) is 0 Å². The Morgan fingerprint density at radius 3 is 1.00 bits per heavy atom. The van der Waals surface area contributed by atoms with Crippen LogP contribution in [0, 0.1) is 0 Å². The molecule has 0 bridgehead atoms. The lowest BCUT2D eigenvalue weighted by molar-refractivity contribution is -0.302. The third kappa shape index (κ3) is 42.0.